The Morgan fingerprint density at radius 1 is 1.40 bits per heavy atom. The van der Waals surface area contributed by atoms with E-state index >= 15 is 0 Å². The molecule has 2 aliphatic heterocycles. The molecule has 3 heterocycles. The molecule has 25 heavy (non-hydrogen) atoms. The fraction of sp³-hybridized carbons (Fsp3) is 0.368. The van der Waals surface area contributed by atoms with Crippen LogP contribution >= 0.6 is 24.0 Å². The Bertz CT molecular complexity index is 865. The first-order chi connectivity index (χ1) is 12.2. The second-order valence-electron chi connectivity index (χ2n) is 6.31. The van der Waals surface area contributed by atoms with Crippen molar-refractivity contribution in [1.82, 2.24) is 9.47 Å². The van der Waals surface area contributed by atoms with Crippen LogP contribution in [0.5, 0.6) is 0 Å². The molecule has 2 aliphatic rings. The summed E-state index contributed by atoms with van der Waals surface area (Å²) >= 11 is 6.83. The van der Waals surface area contributed by atoms with E-state index in [9.17, 15) is 4.79 Å². The van der Waals surface area contributed by atoms with Crippen molar-refractivity contribution >= 4 is 51.2 Å². The van der Waals surface area contributed by atoms with Crippen LogP contribution in [-0.2, 0) is 16.1 Å². The lowest BCUT2D eigenvalue weighted by Gasteiger charge is -2.18. The Labute approximate surface area is 156 Å². The van der Waals surface area contributed by atoms with Crippen molar-refractivity contribution in [1.29, 1.82) is 0 Å². The van der Waals surface area contributed by atoms with Crippen LogP contribution in [0.1, 0.15) is 25.3 Å². The van der Waals surface area contributed by atoms with Crippen molar-refractivity contribution in [3.05, 3.63) is 40.9 Å². The summed E-state index contributed by atoms with van der Waals surface area (Å²) in [5.41, 5.74) is 2.25. The maximum Gasteiger partial charge on any atom is 0.266 e. The molecule has 0 bridgehead atoms. The summed E-state index contributed by atoms with van der Waals surface area (Å²) in [6.07, 6.45) is 6.26. The molecule has 0 radical (unpaired) electrons. The highest BCUT2D eigenvalue weighted by molar-refractivity contribution is 8.26. The average Bonchev–Trinajstić information content (AvgIpc) is 3.31. The molecule has 1 aromatic heterocycles. The number of carbonyl (C=O) groups excluding carboxylic acids is 1. The molecular weight excluding hydrogens is 352 g/mol. The van der Waals surface area contributed by atoms with E-state index in [0.717, 1.165) is 36.9 Å². The molecule has 1 amide bonds. The molecule has 6 heteroatoms. The monoisotopic (exact) mass is 372 g/mol. The summed E-state index contributed by atoms with van der Waals surface area (Å²) in [5, 5.41) is 1.16. The van der Waals surface area contributed by atoms with Gasteiger partial charge in [0.1, 0.15) is 4.32 Å². The maximum absolute atomic E-state index is 12.8. The van der Waals surface area contributed by atoms with Gasteiger partial charge in [0.2, 0.25) is 0 Å². The van der Waals surface area contributed by atoms with Crippen LogP contribution in [0.4, 0.5) is 0 Å². The minimum absolute atomic E-state index is 0.00108. The number of aryl methyl sites for hydroxylation is 1. The lowest BCUT2D eigenvalue weighted by Crippen LogP contribution is -2.35. The van der Waals surface area contributed by atoms with E-state index in [4.69, 9.17) is 17.0 Å². The van der Waals surface area contributed by atoms with Gasteiger partial charge in [-0.25, -0.2) is 0 Å². The second-order valence-corrected chi connectivity index (χ2v) is 7.99. The Hall–Kier alpha value is -1.63. The molecule has 1 aromatic carbocycles. The van der Waals surface area contributed by atoms with Crippen LogP contribution in [0.2, 0.25) is 0 Å². The van der Waals surface area contributed by atoms with Gasteiger partial charge >= 0.3 is 0 Å². The van der Waals surface area contributed by atoms with E-state index in [2.05, 4.69) is 29.8 Å². The number of ether oxygens (including phenoxy) is 1. The molecule has 2 saturated heterocycles. The van der Waals surface area contributed by atoms with Gasteiger partial charge in [-0.1, -0.05) is 42.2 Å². The molecule has 0 spiro atoms. The number of amides is 1. The van der Waals surface area contributed by atoms with Gasteiger partial charge in [-0.05, 0) is 31.9 Å². The van der Waals surface area contributed by atoms with Gasteiger partial charge in [0.15, 0.2) is 0 Å². The van der Waals surface area contributed by atoms with Gasteiger partial charge < -0.3 is 9.30 Å². The van der Waals surface area contributed by atoms with Crippen LogP contribution in [0.15, 0.2) is 35.4 Å². The largest absolute Gasteiger partial charge is 0.376 e. The number of carbonyl (C=O) groups is 1. The number of fused-ring (bicyclic) bond motifs is 1. The zero-order valence-corrected chi connectivity index (χ0v) is 15.7. The first kappa shape index (κ1) is 16.8. The summed E-state index contributed by atoms with van der Waals surface area (Å²) in [6.45, 7) is 4.37. The Balaban J connectivity index is 1.63. The Morgan fingerprint density at radius 2 is 2.24 bits per heavy atom. The van der Waals surface area contributed by atoms with Crippen LogP contribution in [0.3, 0.4) is 0 Å². The van der Waals surface area contributed by atoms with Gasteiger partial charge in [0.25, 0.3) is 5.91 Å². The minimum atomic E-state index is -0.00108. The third-order valence-electron chi connectivity index (χ3n) is 4.73. The molecule has 0 saturated carbocycles. The number of hydrogen-bond donors (Lipinski definition) is 0. The van der Waals surface area contributed by atoms with Crippen molar-refractivity contribution < 1.29 is 9.53 Å². The highest BCUT2D eigenvalue weighted by Crippen LogP contribution is 2.35. The van der Waals surface area contributed by atoms with Crippen LogP contribution in [-0.4, -0.2) is 39.0 Å². The van der Waals surface area contributed by atoms with E-state index in [0.29, 0.717) is 15.8 Å². The van der Waals surface area contributed by atoms with Gasteiger partial charge in [0, 0.05) is 35.8 Å². The summed E-state index contributed by atoms with van der Waals surface area (Å²) in [6, 6.07) is 8.28. The fourth-order valence-electron chi connectivity index (χ4n) is 3.44. The Morgan fingerprint density at radius 3 is 3.00 bits per heavy atom. The van der Waals surface area contributed by atoms with Crippen molar-refractivity contribution in [2.45, 2.75) is 32.4 Å². The van der Waals surface area contributed by atoms with Gasteiger partial charge in [-0.15, -0.1) is 0 Å². The number of rotatable bonds is 4. The number of hydrogen-bond acceptors (Lipinski definition) is 4. The van der Waals surface area contributed by atoms with Crippen LogP contribution < -0.4 is 0 Å². The van der Waals surface area contributed by atoms with Crippen molar-refractivity contribution in [3.63, 3.8) is 0 Å². The highest BCUT2D eigenvalue weighted by Gasteiger charge is 2.34. The molecule has 2 aromatic rings. The zero-order chi connectivity index (χ0) is 17.4. The molecular formula is C19H20N2O2S2. The van der Waals surface area contributed by atoms with Gasteiger partial charge in [-0.3, -0.25) is 9.69 Å². The van der Waals surface area contributed by atoms with E-state index < -0.39 is 0 Å². The highest BCUT2D eigenvalue weighted by atomic mass is 32.2. The molecule has 0 unspecified atom stereocenters. The van der Waals surface area contributed by atoms with E-state index in [1.54, 1.807) is 4.90 Å². The minimum Gasteiger partial charge on any atom is -0.376 e. The van der Waals surface area contributed by atoms with Crippen LogP contribution in [0.25, 0.3) is 17.0 Å². The second kappa shape index (κ2) is 6.94. The topological polar surface area (TPSA) is 34.5 Å². The lowest BCUT2D eigenvalue weighted by molar-refractivity contribution is -0.123. The molecule has 4 rings (SSSR count). The van der Waals surface area contributed by atoms with Gasteiger partial charge in [-0.2, -0.15) is 0 Å². The third kappa shape index (κ3) is 3.14. The number of thiocarbonyl (C=S) groups is 1. The summed E-state index contributed by atoms with van der Waals surface area (Å²) in [5.74, 6) is -0.00108. The standard InChI is InChI=1S/C19H20N2O2S2/c1-2-20-11-13(15-7-3-4-8-16(15)20)10-17-18(22)21(19(24)25-17)12-14-6-5-9-23-14/h3-4,7-8,10-11,14H,2,5-6,9,12H2,1H3/b17-10-/t14-/m1/s1. The van der Waals surface area contributed by atoms with Gasteiger partial charge in [0.05, 0.1) is 17.6 Å². The zero-order valence-electron chi connectivity index (χ0n) is 14.1. The van der Waals surface area contributed by atoms with Crippen molar-refractivity contribution in [2.75, 3.05) is 13.2 Å². The molecule has 0 N–H and O–H groups in total. The average molecular weight is 373 g/mol. The molecule has 1 atom stereocenters. The molecule has 2 fully saturated rings. The van der Waals surface area contributed by atoms with E-state index in [-0.39, 0.29) is 12.0 Å². The van der Waals surface area contributed by atoms with Crippen LogP contribution in [0, 0.1) is 0 Å². The summed E-state index contributed by atoms with van der Waals surface area (Å²) in [4.78, 5) is 15.2. The quantitative estimate of drug-likeness (QED) is 0.599. The first-order valence-corrected chi connectivity index (χ1v) is 9.84. The Kier molecular flexibility index (Phi) is 4.67. The number of para-hydroxylation sites is 1. The third-order valence-corrected chi connectivity index (χ3v) is 6.11. The SMILES string of the molecule is CCn1cc(/C=C2\SC(=S)N(C[C@H]3CCCO3)C2=O)c2ccccc21. The first-order valence-electron chi connectivity index (χ1n) is 8.62. The molecule has 130 valence electrons. The van der Waals surface area contributed by atoms with Crippen molar-refractivity contribution in [2.24, 2.45) is 0 Å². The van der Waals surface area contributed by atoms with E-state index in [1.807, 2.05) is 18.2 Å². The fourth-order valence-corrected chi connectivity index (χ4v) is 4.71. The van der Waals surface area contributed by atoms with Crippen molar-refractivity contribution in [3.8, 4) is 0 Å². The molecule has 4 nitrogen and oxygen atoms in total. The normalized spacial score (nSPS) is 22.7. The predicted molar refractivity (Wildman–Crippen MR) is 106 cm³/mol. The van der Waals surface area contributed by atoms with E-state index in [1.165, 1.54) is 17.3 Å². The smallest absolute Gasteiger partial charge is 0.266 e. The summed E-state index contributed by atoms with van der Waals surface area (Å²) < 4.78 is 8.49. The predicted octanol–water partition coefficient (Wildman–Crippen LogP) is 4.04. The molecule has 0 aliphatic carbocycles. The number of nitrogens with zero attached hydrogens (tertiary/aromatic N) is 2. The number of thioether (sulfide) groups is 1. The number of aromatic nitrogens is 1. The summed E-state index contributed by atoms with van der Waals surface area (Å²) in [7, 11) is 0. The lowest BCUT2D eigenvalue weighted by atomic mass is 10.1. The maximum atomic E-state index is 12.8. The number of benzene rings is 1.